The average molecular weight is 273 g/mol. The molecule has 1 fully saturated rings. The molecule has 2 N–H and O–H groups in total. The van der Waals surface area contributed by atoms with Gasteiger partial charge in [0.2, 0.25) is 0 Å². The Hall–Kier alpha value is -0.680. The van der Waals surface area contributed by atoms with Gasteiger partial charge in [-0.1, -0.05) is 17.7 Å². The number of halogens is 2. The predicted octanol–water partition coefficient (Wildman–Crippen LogP) is 2.20. The second kappa shape index (κ2) is 5.97. The molecule has 5 heteroatoms. The van der Waals surface area contributed by atoms with Crippen molar-refractivity contribution in [1.29, 1.82) is 0 Å². The Labute approximate surface area is 112 Å². The van der Waals surface area contributed by atoms with Crippen molar-refractivity contribution in [1.82, 2.24) is 4.90 Å². The molecule has 100 valence electrons. The van der Waals surface area contributed by atoms with Gasteiger partial charge < -0.3 is 10.5 Å². The number of ether oxygens (including phenoxy) is 1. The molecule has 3 nitrogen and oxygen atoms in total. The first kappa shape index (κ1) is 13.7. The maximum Gasteiger partial charge on any atom is 0.129 e. The fourth-order valence-corrected chi connectivity index (χ4v) is 2.70. The molecule has 1 aliphatic rings. The third-order valence-corrected chi connectivity index (χ3v) is 3.86. The van der Waals surface area contributed by atoms with Crippen molar-refractivity contribution in [3.63, 3.8) is 0 Å². The summed E-state index contributed by atoms with van der Waals surface area (Å²) in [4.78, 5) is 2.07. The number of hydrogen-bond acceptors (Lipinski definition) is 3. The zero-order valence-electron chi connectivity index (χ0n) is 10.4. The van der Waals surface area contributed by atoms with Crippen molar-refractivity contribution < 1.29 is 9.13 Å². The van der Waals surface area contributed by atoms with E-state index in [4.69, 9.17) is 22.1 Å². The lowest BCUT2D eigenvalue weighted by Crippen LogP contribution is -2.39. The maximum atomic E-state index is 13.9. The Morgan fingerprint density at radius 2 is 2.39 bits per heavy atom. The van der Waals surface area contributed by atoms with E-state index in [2.05, 4.69) is 4.90 Å². The summed E-state index contributed by atoms with van der Waals surface area (Å²) in [6.45, 7) is 1.74. The zero-order valence-corrected chi connectivity index (χ0v) is 11.2. The minimum atomic E-state index is -0.302. The molecule has 0 radical (unpaired) electrons. The SMILES string of the molecule is CN(C1CCOC1)C(CN)c1c(F)cccc1Cl. The summed E-state index contributed by atoms with van der Waals surface area (Å²) >= 11 is 6.10. The molecule has 0 spiro atoms. The summed E-state index contributed by atoms with van der Waals surface area (Å²) in [6, 6.07) is 4.78. The molecule has 0 bridgehead atoms. The van der Waals surface area contributed by atoms with E-state index < -0.39 is 0 Å². The van der Waals surface area contributed by atoms with Crippen LogP contribution in [0.15, 0.2) is 18.2 Å². The van der Waals surface area contributed by atoms with Crippen LogP contribution in [0, 0.1) is 5.82 Å². The maximum absolute atomic E-state index is 13.9. The number of likely N-dealkylation sites (N-methyl/N-ethyl adjacent to an activating group) is 1. The van der Waals surface area contributed by atoms with Crippen molar-refractivity contribution in [2.45, 2.75) is 18.5 Å². The first-order valence-electron chi connectivity index (χ1n) is 6.08. The van der Waals surface area contributed by atoms with Crippen LogP contribution in [-0.2, 0) is 4.74 Å². The molecular formula is C13H18ClFN2O. The highest BCUT2D eigenvalue weighted by Gasteiger charge is 2.29. The van der Waals surface area contributed by atoms with Crippen LogP contribution in [0.4, 0.5) is 4.39 Å². The van der Waals surface area contributed by atoms with E-state index in [9.17, 15) is 4.39 Å². The molecule has 2 unspecified atom stereocenters. The molecule has 0 saturated carbocycles. The lowest BCUT2D eigenvalue weighted by atomic mass is 10.0. The number of nitrogens with zero attached hydrogens (tertiary/aromatic N) is 1. The van der Waals surface area contributed by atoms with Gasteiger partial charge in [0.25, 0.3) is 0 Å². The van der Waals surface area contributed by atoms with E-state index in [1.807, 2.05) is 7.05 Å². The van der Waals surface area contributed by atoms with Gasteiger partial charge in [-0.05, 0) is 25.6 Å². The molecule has 18 heavy (non-hydrogen) atoms. The van der Waals surface area contributed by atoms with Crippen LogP contribution in [0.25, 0.3) is 0 Å². The molecule has 1 heterocycles. The lowest BCUT2D eigenvalue weighted by molar-refractivity contribution is 0.133. The van der Waals surface area contributed by atoms with Crippen LogP contribution in [0.2, 0.25) is 5.02 Å². The monoisotopic (exact) mass is 272 g/mol. The topological polar surface area (TPSA) is 38.5 Å². The number of hydrogen-bond donors (Lipinski definition) is 1. The van der Waals surface area contributed by atoms with Crippen molar-refractivity contribution >= 4 is 11.6 Å². The Kier molecular flexibility index (Phi) is 4.56. The largest absolute Gasteiger partial charge is 0.380 e. The van der Waals surface area contributed by atoms with Gasteiger partial charge in [-0.2, -0.15) is 0 Å². The highest BCUT2D eigenvalue weighted by Crippen LogP contribution is 2.31. The van der Waals surface area contributed by atoms with E-state index in [0.29, 0.717) is 23.7 Å². The zero-order chi connectivity index (χ0) is 13.1. The molecule has 1 saturated heterocycles. The lowest BCUT2D eigenvalue weighted by Gasteiger charge is -2.32. The first-order chi connectivity index (χ1) is 8.65. The van der Waals surface area contributed by atoms with Crippen LogP contribution in [0.1, 0.15) is 18.0 Å². The van der Waals surface area contributed by atoms with Gasteiger partial charge in [0.1, 0.15) is 5.82 Å². The van der Waals surface area contributed by atoms with Gasteiger partial charge in [-0.15, -0.1) is 0 Å². The van der Waals surface area contributed by atoms with E-state index in [-0.39, 0.29) is 17.9 Å². The highest BCUT2D eigenvalue weighted by atomic mass is 35.5. The van der Waals surface area contributed by atoms with Gasteiger partial charge >= 0.3 is 0 Å². The number of rotatable bonds is 4. The molecule has 2 atom stereocenters. The van der Waals surface area contributed by atoms with Crippen LogP contribution in [-0.4, -0.2) is 37.7 Å². The Balaban J connectivity index is 2.27. The predicted molar refractivity (Wildman–Crippen MR) is 70.2 cm³/mol. The van der Waals surface area contributed by atoms with Gasteiger partial charge in [0, 0.05) is 29.8 Å². The number of benzene rings is 1. The minimum absolute atomic E-state index is 0.217. The Bertz CT molecular complexity index is 390. The summed E-state index contributed by atoms with van der Waals surface area (Å²) in [5.41, 5.74) is 6.29. The van der Waals surface area contributed by atoms with Gasteiger partial charge in [-0.3, -0.25) is 4.90 Å². The molecule has 2 rings (SSSR count). The standard InChI is InChI=1S/C13H18ClFN2O/c1-17(9-5-6-18-8-9)12(7-16)13-10(14)3-2-4-11(13)15/h2-4,9,12H,5-8,16H2,1H3. The summed E-state index contributed by atoms with van der Waals surface area (Å²) in [5.74, 6) is -0.302. The summed E-state index contributed by atoms with van der Waals surface area (Å²) in [7, 11) is 1.94. The third kappa shape index (κ3) is 2.67. The summed E-state index contributed by atoms with van der Waals surface area (Å²) < 4.78 is 19.3. The van der Waals surface area contributed by atoms with E-state index in [1.54, 1.807) is 12.1 Å². The van der Waals surface area contributed by atoms with Crippen LogP contribution >= 0.6 is 11.6 Å². The molecule has 0 aromatic heterocycles. The van der Waals surface area contributed by atoms with E-state index in [1.165, 1.54) is 6.07 Å². The highest BCUT2D eigenvalue weighted by molar-refractivity contribution is 6.31. The van der Waals surface area contributed by atoms with Crippen molar-refractivity contribution in [3.8, 4) is 0 Å². The summed E-state index contributed by atoms with van der Waals surface area (Å²) in [6.07, 6.45) is 0.944. The molecule has 0 amide bonds. The van der Waals surface area contributed by atoms with Crippen LogP contribution in [0.5, 0.6) is 0 Å². The van der Waals surface area contributed by atoms with Crippen molar-refractivity contribution in [3.05, 3.63) is 34.6 Å². The smallest absolute Gasteiger partial charge is 0.129 e. The summed E-state index contributed by atoms with van der Waals surface area (Å²) in [5, 5.41) is 0.427. The second-order valence-electron chi connectivity index (χ2n) is 4.57. The molecule has 1 aromatic carbocycles. The fraction of sp³-hybridized carbons (Fsp3) is 0.538. The van der Waals surface area contributed by atoms with Crippen LogP contribution < -0.4 is 5.73 Å². The first-order valence-corrected chi connectivity index (χ1v) is 6.46. The van der Waals surface area contributed by atoms with Crippen molar-refractivity contribution in [2.75, 3.05) is 26.8 Å². The molecule has 0 aliphatic carbocycles. The van der Waals surface area contributed by atoms with E-state index in [0.717, 1.165) is 13.0 Å². The number of nitrogens with two attached hydrogens (primary N) is 1. The van der Waals surface area contributed by atoms with Gasteiger partial charge in [0.15, 0.2) is 0 Å². The van der Waals surface area contributed by atoms with Crippen molar-refractivity contribution in [2.24, 2.45) is 5.73 Å². The Morgan fingerprint density at radius 3 is 2.94 bits per heavy atom. The second-order valence-corrected chi connectivity index (χ2v) is 4.98. The minimum Gasteiger partial charge on any atom is -0.380 e. The van der Waals surface area contributed by atoms with Crippen LogP contribution in [0.3, 0.4) is 0 Å². The fourth-order valence-electron chi connectivity index (χ4n) is 2.41. The Morgan fingerprint density at radius 1 is 1.61 bits per heavy atom. The molecule has 1 aliphatic heterocycles. The normalized spacial score (nSPS) is 21.5. The molecular weight excluding hydrogens is 255 g/mol. The molecule has 1 aromatic rings. The van der Waals surface area contributed by atoms with Gasteiger partial charge in [0.05, 0.1) is 12.6 Å². The third-order valence-electron chi connectivity index (χ3n) is 3.53. The quantitative estimate of drug-likeness (QED) is 0.913. The van der Waals surface area contributed by atoms with Gasteiger partial charge in [-0.25, -0.2) is 4.39 Å². The van der Waals surface area contributed by atoms with E-state index >= 15 is 0 Å². The average Bonchev–Trinajstić information content (AvgIpc) is 2.87.